The van der Waals surface area contributed by atoms with E-state index in [0.717, 1.165) is 22.4 Å². The fourth-order valence-corrected chi connectivity index (χ4v) is 3.65. The van der Waals surface area contributed by atoms with Crippen molar-refractivity contribution in [3.63, 3.8) is 0 Å². The first-order chi connectivity index (χ1) is 14.5. The Morgan fingerprint density at radius 1 is 1.37 bits per heavy atom. The molecule has 3 aromatic rings. The summed E-state index contributed by atoms with van der Waals surface area (Å²) in [5.41, 5.74) is 9.75. The van der Waals surface area contributed by atoms with Crippen LogP contribution in [0.25, 0.3) is 17.1 Å². The van der Waals surface area contributed by atoms with E-state index >= 15 is 0 Å². The summed E-state index contributed by atoms with van der Waals surface area (Å²) >= 11 is 0. The summed E-state index contributed by atoms with van der Waals surface area (Å²) in [6.07, 6.45) is 6.02. The zero-order valence-electron chi connectivity index (χ0n) is 16.8. The standard InChI is InChI=1S/C22H23FN6O/c1-3-26-20-14-8-19(21(25)28-11-14)30-13(2)18-9-16(23)4-5-17(18)22-27-6-7-29(22)12-15(20)10-24/h4-11,13,24,26H,3,12H2,1-2H3,(H2,25,28)/b20-15+,24-10?/t13-/m1/s1. The number of anilines is 1. The molecule has 30 heavy (non-hydrogen) atoms. The van der Waals surface area contributed by atoms with Gasteiger partial charge in [-0.15, -0.1) is 0 Å². The Bertz CT molecular complexity index is 1140. The maximum absolute atomic E-state index is 14.1. The molecule has 0 saturated carbocycles. The van der Waals surface area contributed by atoms with Crippen LogP contribution in [0.5, 0.6) is 5.75 Å². The molecule has 1 aromatic carbocycles. The molecule has 0 saturated heterocycles. The Kier molecular flexibility index (Phi) is 5.22. The van der Waals surface area contributed by atoms with Gasteiger partial charge < -0.3 is 25.8 Å². The van der Waals surface area contributed by atoms with Crippen LogP contribution in [0, 0.1) is 11.2 Å². The van der Waals surface area contributed by atoms with E-state index in [1.807, 2.05) is 24.6 Å². The van der Waals surface area contributed by atoms with Gasteiger partial charge in [0.1, 0.15) is 17.7 Å². The molecular weight excluding hydrogens is 383 g/mol. The fourth-order valence-electron chi connectivity index (χ4n) is 3.65. The summed E-state index contributed by atoms with van der Waals surface area (Å²) in [5, 5.41) is 11.4. The molecular formula is C22H23FN6O. The van der Waals surface area contributed by atoms with Gasteiger partial charge in [0.05, 0.1) is 6.54 Å². The number of imidazole rings is 1. The lowest BCUT2D eigenvalue weighted by atomic mass is 10.0. The number of nitrogens with one attached hydrogen (secondary N) is 2. The van der Waals surface area contributed by atoms with Crippen molar-refractivity contribution in [1.29, 1.82) is 5.41 Å². The van der Waals surface area contributed by atoms with Crippen LogP contribution in [-0.2, 0) is 6.54 Å². The number of nitrogen functional groups attached to an aromatic ring is 1. The van der Waals surface area contributed by atoms with E-state index in [9.17, 15) is 4.39 Å². The third-order valence-corrected chi connectivity index (χ3v) is 5.07. The number of pyridine rings is 1. The predicted octanol–water partition coefficient (Wildman–Crippen LogP) is 3.79. The third kappa shape index (κ3) is 3.52. The van der Waals surface area contributed by atoms with Crippen molar-refractivity contribution >= 4 is 17.7 Å². The predicted molar refractivity (Wildman–Crippen MR) is 115 cm³/mol. The third-order valence-electron chi connectivity index (χ3n) is 5.07. The molecule has 154 valence electrons. The molecule has 7 nitrogen and oxygen atoms in total. The monoisotopic (exact) mass is 406 g/mol. The number of rotatable bonds is 3. The van der Waals surface area contributed by atoms with E-state index in [0.29, 0.717) is 30.2 Å². The van der Waals surface area contributed by atoms with E-state index in [1.165, 1.54) is 18.3 Å². The normalized spacial score (nSPS) is 18.3. The van der Waals surface area contributed by atoms with Crippen molar-refractivity contribution in [2.45, 2.75) is 26.5 Å². The van der Waals surface area contributed by atoms with Crippen LogP contribution in [0.15, 0.2) is 48.4 Å². The Morgan fingerprint density at radius 3 is 2.97 bits per heavy atom. The molecule has 8 heteroatoms. The number of hydrogen-bond acceptors (Lipinski definition) is 6. The van der Waals surface area contributed by atoms with Gasteiger partial charge in [-0.25, -0.2) is 14.4 Å². The zero-order valence-corrected chi connectivity index (χ0v) is 16.8. The number of aromatic nitrogens is 3. The number of allylic oxidation sites excluding steroid dienone is 1. The van der Waals surface area contributed by atoms with Crippen LogP contribution >= 0.6 is 0 Å². The highest BCUT2D eigenvalue weighted by Crippen LogP contribution is 2.35. The molecule has 0 spiro atoms. The van der Waals surface area contributed by atoms with Crippen LogP contribution in [0.3, 0.4) is 0 Å². The SMILES string of the molecule is CCN/C1=C(\C=N)Cn2ccnc2-c2ccc(F)cc2[C@@H](C)Oc2cc1cnc2N. The quantitative estimate of drug-likeness (QED) is 0.575. The summed E-state index contributed by atoms with van der Waals surface area (Å²) in [4.78, 5) is 8.79. The van der Waals surface area contributed by atoms with E-state index in [1.54, 1.807) is 24.5 Å². The van der Waals surface area contributed by atoms with Crippen LogP contribution < -0.4 is 15.8 Å². The van der Waals surface area contributed by atoms with Crippen LogP contribution in [0.1, 0.15) is 31.1 Å². The Hall–Kier alpha value is -3.68. The van der Waals surface area contributed by atoms with Crippen molar-refractivity contribution in [3.05, 3.63) is 65.4 Å². The topological polar surface area (TPSA) is 102 Å². The number of fused-ring (bicyclic) bond motifs is 5. The highest BCUT2D eigenvalue weighted by Gasteiger charge is 2.22. The summed E-state index contributed by atoms with van der Waals surface area (Å²) < 4.78 is 22.2. The molecule has 1 aliphatic heterocycles. The molecule has 4 N–H and O–H groups in total. The number of halogens is 1. The van der Waals surface area contributed by atoms with Gasteiger partial charge in [-0.2, -0.15) is 0 Å². The molecule has 3 heterocycles. The maximum atomic E-state index is 14.1. The van der Waals surface area contributed by atoms with Crippen molar-refractivity contribution in [1.82, 2.24) is 19.9 Å². The number of hydrogen-bond donors (Lipinski definition) is 3. The lowest BCUT2D eigenvalue weighted by Crippen LogP contribution is -2.18. The van der Waals surface area contributed by atoms with Crippen LogP contribution in [-0.4, -0.2) is 27.3 Å². The molecule has 0 fully saturated rings. The summed E-state index contributed by atoms with van der Waals surface area (Å²) in [6.45, 7) is 4.91. The van der Waals surface area contributed by atoms with Gasteiger partial charge in [-0.3, -0.25) is 0 Å². The van der Waals surface area contributed by atoms with Gasteiger partial charge in [-0.1, -0.05) is 0 Å². The lowest BCUT2D eigenvalue weighted by Gasteiger charge is -2.22. The largest absolute Gasteiger partial charge is 0.482 e. The Morgan fingerprint density at radius 2 is 2.20 bits per heavy atom. The smallest absolute Gasteiger partial charge is 0.166 e. The van der Waals surface area contributed by atoms with Gasteiger partial charge in [0, 0.05) is 59.3 Å². The van der Waals surface area contributed by atoms with Crippen molar-refractivity contribution in [2.24, 2.45) is 0 Å². The summed E-state index contributed by atoms with van der Waals surface area (Å²) in [6, 6.07) is 6.36. The number of nitrogens with zero attached hydrogens (tertiary/aromatic N) is 3. The Balaban J connectivity index is 2.00. The summed E-state index contributed by atoms with van der Waals surface area (Å²) in [7, 11) is 0. The minimum absolute atomic E-state index is 0.245. The minimum atomic E-state index is -0.492. The second-order valence-corrected chi connectivity index (χ2v) is 7.05. The molecule has 1 aliphatic rings. The van der Waals surface area contributed by atoms with Crippen molar-refractivity contribution in [2.75, 3.05) is 12.3 Å². The molecule has 0 amide bonds. The molecule has 0 radical (unpaired) electrons. The molecule has 2 aromatic heterocycles. The number of ether oxygens (including phenoxy) is 1. The van der Waals surface area contributed by atoms with E-state index < -0.39 is 6.10 Å². The first-order valence-corrected chi connectivity index (χ1v) is 9.72. The van der Waals surface area contributed by atoms with Crippen LogP contribution in [0.2, 0.25) is 0 Å². The second kappa shape index (κ2) is 7.98. The average molecular weight is 406 g/mol. The highest BCUT2D eigenvalue weighted by atomic mass is 19.1. The minimum Gasteiger partial charge on any atom is -0.482 e. The van der Waals surface area contributed by atoms with Crippen molar-refractivity contribution < 1.29 is 9.13 Å². The Labute approximate surface area is 173 Å². The van der Waals surface area contributed by atoms with Gasteiger partial charge >= 0.3 is 0 Å². The summed E-state index contributed by atoms with van der Waals surface area (Å²) in [5.74, 6) is 0.961. The molecule has 0 unspecified atom stereocenters. The maximum Gasteiger partial charge on any atom is 0.166 e. The van der Waals surface area contributed by atoms with Gasteiger partial charge in [0.2, 0.25) is 0 Å². The zero-order chi connectivity index (χ0) is 21.3. The second-order valence-electron chi connectivity index (χ2n) is 7.05. The van der Waals surface area contributed by atoms with E-state index in [4.69, 9.17) is 15.9 Å². The molecule has 1 atom stereocenters. The molecule has 2 bridgehead atoms. The van der Waals surface area contributed by atoms with Crippen LogP contribution in [0.4, 0.5) is 10.2 Å². The van der Waals surface area contributed by atoms with Gasteiger partial charge in [0.25, 0.3) is 0 Å². The molecule has 0 aliphatic carbocycles. The average Bonchev–Trinajstić information content (AvgIpc) is 3.19. The fraction of sp³-hybridized carbons (Fsp3) is 0.227. The van der Waals surface area contributed by atoms with E-state index in [-0.39, 0.29) is 11.6 Å². The van der Waals surface area contributed by atoms with Crippen molar-refractivity contribution in [3.8, 4) is 17.1 Å². The number of nitrogens with two attached hydrogens (primary N) is 1. The first kappa shape index (κ1) is 19.6. The lowest BCUT2D eigenvalue weighted by molar-refractivity contribution is 0.227. The first-order valence-electron chi connectivity index (χ1n) is 9.72. The number of benzene rings is 1. The van der Waals surface area contributed by atoms with E-state index in [2.05, 4.69) is 15.3 Å². The van der Waals surface area contributed by atoms with Gasteiger partial charge in [0.15, 0.2) is 11.6 Å². The van der Waals surface area contributed by atoms with Gasteiger partial charge in [-0.05, 0) is 38.1 Å². The highest BCUT2D eigenvalue weighted by molar-refractivity contribution is 5.89. The molecule has 4 rings (SSSR count).